The van der Waals surface area contributed by atoms with Crippen molar-refractivity contribution >= 4 is 27.5 Å². The molecule has 4 rings (SSSR count). The van der Waals surface area contributed by atoms with Gasteiger partial charge in [0, 0.05) is 43.4 Å². The molecule has 0 aliphatic carbocycles. The first kappa shape index (κ1) is 23.3. The van der Waals surface area contributed by atoms with E-state index in [-0.39, 0.29) is 28.3 Å². The molecule has 1 atom stereocenters. The van der Waals surface area contributed by atoms with Gasteiger partial charge >= 0.3 is 0 Å². The number of carbonyl (C=O) groups excluding carboxylic acids is 2. The molecule has 1 saturated heterocycles. The van der Waals surface area contributed by atoms with Crippen LogP contribution in [0.3, 0.4) is 0 Å². The fourth-order valence-corrected chi connectivity index (χ4v) is 4.75. The van der Waals surface area contributed by atoms with Crippen LogP contribution in [0.2, 0.25) is 0 Å². The number of aromatic nitrogens is 2. The Morgan fingerprint density at radius 2 is 1.68 bits per heavy atom. The van der Waals surface area contributed by atoms with Crippen LogP contribution in [0, 0.1) is 0 Å². The van der Waals surface area contributed by atoms with Gasteiger partial charge in [-0.05, 0) is 35.9 Å². The highest BCUT2D eigenvalue weighted by Gasteiger charge is 2.46. The Bertz CT molecular complexity index is 1360. The molecular formula is C24H24N4O5S+2. The molecule has 9 nitrogen and oxygen atoms in total. The third-order valence-corrected chi connectivity index (χ3v) is 7.46. The molecule has 1 unspecified atom stereocenters. The van der Waals surface area contributed by atoms with Crippen LogP contribution < -0.4 is 9.97 Å². The van der Waals surface area contributed by atoms with Gasteiger partial charge in [-0.3, -0.25) is 9.59 Å². The fraction of sp³-hybridized carbons (Fsp3) is 0.167. The Morgan fingerprint density at radius 1 is 1.00 bits per heavy atom. The van der Waals surface area contributed by atoms with Gasteiger partial charge in [0.2, 0.25) is 10.0 Å². The highest BCUT2D eigenvalue weighted by molar-refractivity contribution is 7.89. The molecule has 1 aromatic carbocycles. The summed E-state index contributed by atoms with van der Waals surface area (Å²) in [4.78, 5) is 33.5. The molecule has 10 heteroatoms. The van der Waals surface area contributed by atoms with E-state index in [1.165, 1.54) is 43.3 Å². The number of rotatable bonds is 6. The van der Waals surface area contributed by atoms with Crippen molar-refractivity contribution in [3.63, 3.8) is 0 Å². The maximum Gasteiger partial charge on any atom is 0.295 e. The molecule has 1 amide bonds. The van der Waals surface area contributed by atoms with Gasteiger partial charge in [0.05, 0.1) is 23.1 Å². The summed E-state index contributed by atoms with van der Waals surface area (Å²) in [5.41, 5.74) is 1.61. The number of aliphatic hydroxyl groups is 1. The molecule has 2 aromatic heterocycles. The fourth-order valence-electron chi connectivity index (χ4n) is 3.85. The molecule has 1 aliphatic heterocycles. The number of aromatic amines is 2. The second-order valence-electron chi connectivity index (χ2n) is 7.98. The minimum atomic E-state index is -3.66. The van der Waals surface area contributed by atoms with Gasteiger partial charge in [0.15, 0.2) is 24.8 Å². The molecule has 0 bridgehead atoms. The number of carbonyl (C=O) groups is 2. The normalized spacial score (nSPS) is 18.0. The minimum absolute atomic E-state index is 0.0463. The quantitative estimate of drug-likeness (QED) is 0.322. The van der Waals surface area contributed by atoms with Crippen LogP contribution in [0.25, 0.3) is 5.76 Å². The average molecular weight is 481 g/mol. The molecule has 3 aromatic rings. The maximum absolute atomic E-state index is 13.1. The Hall–Kier alpha value is -3.89. The average Bonchev–Trinajstić information content (AvgIpc) is 3.09. The summed E-state index contributed by atoms with van der Waals surface area (Å²) in [7, 11) is -0.809. The Kier molecular flexibility index (Phi) is 6.27. The van der Waals surface area contributed by atoms with E-state index in [2.05, 4.69) is 9.97 Å². The van der Waals surface area contributed by atoms with Crippen molar-refractivity contribution < 1.29 is 33.1 Å². The Balaban J connectivity index is 1.81. The van der Waals surface area contributed by atoms with Crippen molar-refractivity contribution in [1.82, 2.24) is 9.21 Å². The van der Waals surface area contributed by atoms with E-state index >= 15 is 0 Å². The van der Waals surface area contributed by atoms with Crippen LogP contribution in [-0.2, 0) is 26.2 Å². The summed E-state index contributed by atoms with van der Waals surface area (Å²) in [6.45, 7) is 0.155. The zero-order valence-corrected chi connectivity index (χ0v) is 19.4. The van der Waals surface area contributed by atoms with E-state index in [1.54, 1.807) is 43.0 Å². The van der Waals surface area contributed by atoms with E-state index in [0.29, 0.717) is 5.56 Å². The number of H-pyrrole nitrogens is 2. The van der Waals surface area contributed by atoms with Crippen LogP contribution in [-0.4, -0.2) is 48.5 Å². The third kappa shape index (κ3) is 4.20. The highest BCUT2D eigenvalue weighted by atomic mass is 32.2. The van der Waals surface area contributed by atoms with E-state index < -0.39 is 27.8 Å². The number of benzene rings is 1. The SMILES string of the molecule is CN(C)S(=O)(=O)c1ccc(C(O)=C2C(=O)C(=O)N(Cc3ccc[nH+]c3)C2c2cc[nH+]cc2)cc1. The molecule has 34 heavy (non-hydrogen) atoms. The molecule has 1 fully saturated rings. The molecule has 3 heterocycles. The van der Waals surface area contributed by atoms with Crippen LogP contribution in [0.1, 0.15) is 22.7 Å². The molecular weight excluding hydrogens is 456 g/mol. The van der Waals surface area contributed by atoms with Crippen molar-refractivity contribution in [1.29, 1.82) is 0 Å². The number of likely N-dealkylation sites (tertiary alicyclic amines) is 1. The number of nitrogens with one attached hydrogen (secondary N) is 2. The van der Waals surface area contributed by atoms with E-state index in [9.17, 15) is 23.1 Å². The van der Waals surface area contributed by atoms with Crippen molar-refractivity contribution in [2.24, 2.45) is 0 Å². The number of nitrogens with zero attached hydrogens (tertiary/aromatic N) is 2. The van der Waals surface area contributed by atoms with Crippen LogP contribution in [0.15, 0.2) is 83.8 Å². The first-order chi connectivity index (χ1) is 16.2. The summed E-state index contributed by atoms with van der Waals surface area (Å²) in [6.07, 6.45) is 6.82. The number of amides is 1. The van der Waals surface area contributed by atoms with Gasteiger partial charge in [-0.1, -0.05) is 0 Å². The van der Waals surface area contributed by atoms with Gasteiger partial charge in [-0.2, -0.15) is 0 Å². The van der Waals surface area contributed by atoms with Gasteiger partial charge in [0.25, 0.3) is 11.7 Å². The predicted molar refractivity (Wildman–Crippen MR) is 121 cm³/mol. The molecule has 3 N–H and O–H groups in total. The Morgan fingerprint density at radius 3 is 2.26 bits per heavy atom. The van der Waals surface area contributed by atoms with Gasteiger partial charge in [-0.25, -0.2) is 22.7 Å². The molecule has 1 aliphatic rings. The predicted octanol–water partition coefficient (Wildman–Crippen LogP) is 1.19. The molecule has 174 valence electrons. The lowest BCUT2D eigenvalue weighted by molar-refractivity contribution is -0.379. The number of hydrogen-bond donors (Lipinski definition) is 1. The summed E-state index contributed by atoms with van der Waals surface area (Å²) in [6, 6.07) is 11.8. The van der Waals surface area contributed by atoms with Crippen molar-refractivity contribution in [2.75, 3.05) is 14.1 Å². The first-order valence-corrected chi connectivity index (χ1v) is 11.9. The molecule has 0 spiro atoms. The topological polar surface area (TPSA) is 123 Å². The Labute approximate surface area is 197 Å². The number of aliphatic hydroxyl groups excluding tert-OH is 1. The van der Waals surface area contributed by atoms with Crippen LogP contribution in [0.4, 0.5) is 0 Å². The first-order valence-electron chi connectivity index (χ1n) is 10.4. The zero-order valence-electron chi connectivity index (χ0n) is 18.6. The van der Waals surface area contributed by atoms with E-state index in [0.717, 1.165) is 9.87 Å². The van der Waals surface area contributed by atoms with E-state index in [4.69, 9.17) is 0 Å². The van der Waals surface area contributed by atoms with Crippen molar-refractivity contribution in [3.05, 3.63) is 95.6 Å². The lowest BCUT2D eigenvalue weighted by atomic mass is 9.96. The number of Topliss-reactive ketones (excluding diaryl/α,β-unsaturated/α-hetero) is 1. The lowest BCUT2D eigenvalue weighted by Crippen LogP contribution is -2.29. The standard InChI is InChI=1S/C24H22N4O5S/c1-27(2)34(32,33)19-7-5-18(6-8-19)22(29)20-21(17-9-12-25-13-10-17)28(24(31)23(20)30)15-16-4-3-11-26-14-16/h3-14,21,29H,15H2,1-2H3/p+2. The third-order valence-electron chi connectivity index (χ3n) is 5.63. The highest BCUT2D eigenvalue weighted by Crippen LogP contribution is 2.40. The number of ketones is 1. The van der Waals surface area contributed by atoms with Crippen LogP contribution >= 0.6 is 0 Å². The number of hydrogen-bond acceptors (Lipinski definition) is 5. The summed E-state index contributed by atoms with van der Waals surface area (Å²) >= 11 is 0. The van der Waals surface area contributed by atoms with Gasteiger partial charge in [-0.15, -0.1) is 0 Å². The largest absolute Gasteiger partial charge is 0.507 e. The number of sulfonamides is 1. The second kappa shape index (κ2) is 9.16. The maximum atomic E-state index is 13.1. The zero-order chi connectivity index (χ0) is 24.5. The summed E-state index contributed by atoms with van der Waals surface area (Å²) in [5.74, 6) is -1.90. The van der Waals surface area contributed by atoms with Crippen molar-refractivity contribution in [3.8, 4) is 0 Å². The number of pyridine rings is 2. The summed E-state index contributed by atoms with van der Waals surface area (Å²) < 4.78 is 25.8. The van der Waals surface area contributed by atoms with Gasteiger partial charge < -0.3 is 10.0 Å². The summed E-state index contributed by atoms with van der Waals surface area (Å²) in [5, 5.41) is 11.1. The van der Waals surface area contributed by atoms with Crippen molar-refractivity contribution in [2.45, 2.75) is 17.5 Å². The molecule has 0 saturated carbocycles. The second-order valence-corrected chi connectivity index (χ2v) is 10.1. The monoisotopic (exact) mass is 480 g/mol. The van der Waals surface area contributed by atoms with Crippen LogP contribution in [0.5, 0.6) is 0 Å². The molecule has 0 radical (unpaired) electrons. The van der Waals surface area contributed by atoms with Gasteiger partial charge in [0.1, 0.15) is 5.76 Å². The van der Waals surface area contributed by atoms with E-state index in [1.807, 2.05) is 6.07 Å². The smallest absolute Gasteiger partial charge is 0.295 e. The lowest BCUT2D eigenvalue weighted by Gasteiger charge is -2.24. The minimum Gasteiger partial charge on any atom is -0.507 e.